The number of aliphatic carboxylic acids is 1. The number of carbonyl (C=O) groups excluding carboxylic acids is 1. The van der Waals surface area contributed by atoms with Crippen LogP contribution in [0.3, 0.4) is 0 Å². The molecular weight excluding hydrogens is 574 g/mol. The summed E-state index contributed by atoms with van der Waals surface area (Å²) in [7, 11) is 0. The van der Waals surface area contributed by atoms with Crippen LogP contribution in [0, 0.1) is 11.3 Å². The number of hydrogen-bond acceptors (Lipinski definition) is 8. The van der Waals surface area contributed by atoms with Crippen LogP contribution in [-0.2, 0) is 11.2 Å². The molecule has 1 aromatic carbocycles. The van der Waals surface area contributed by atoms with E-state index in [4.69, 9.17) is 38.4 Å². The second kappa shape index (κ2) is 13.2. The van der Waals surface area contributed by atoms with Gasteiger partial charge in [0, 0.05) is 41.5 Å². The quantitative estimate of drug-likeness (QED) is 0.196. The summed E-state index contributed by atoms with van der Waals surface area (Å²) in [6.45, 7) is 2.35. The molecule has 3 aromatic heterocycles. The number of fused-ring (bicyclic) bond motifs is 1. The highest BCUT2D eigenvalue weighted by atomic mass is 35.5. The topological polar surface area (TPSA) is 146 Å². The van der Waals surface area contributed by atoms with Crippen molar-refractivity contribution in [3.63, 3.8) is 0 Å². The minimum Gasteiger partial charge on any atom is -0.475 e. The van der Waals surface area contributed by atoms with Gasteiger partial charge in [-0.25, -0.2) is 14.8 Å². The number of ketones is 1. The number of nitrogens with zero attached hydrogens (tertiary/aromatic N) is 6. The van der Waals surface area contributed by atoms with Crippen molar-refractivity contribution in [2.75, 3.05) is 11.9 Å². The van der Waals surface area contributed by atoms with Crippen LogP contribution in [0.15, 0.2) is 42.6 Å². The number of pyridine rings is 1. The molecule has 4 aromatic rings. The van der Waals surface area contributed by atoms with Crippen LogP contribution in [0.25, 0.3) is 16.9 Å². The van der Waals surface area contributed by atoms with Gasteiger partial charge in [-0.2, -0.15) is 22.9 Å². The van der Waals surface area contributed by atoms with Gasteiger partial charge in [0.1, 0.15) is 6.07 Å². The molecule has 10 nitrogen and oxygen atoms in total. The van der Waals surface area contributed by atoms with E-state index in [0.29, 0.717) is 51.4 Å². The molecule has 0 aliphatic carbocycles. The average molecular weight is 594 g/mol. The Labute approximate surface area is 235 Å². The van der Waals surface area contributed by atoms with Crippen LogP contribution in [0.1, 0.15) is 41.6 Å². The predicted octanol–water partition coefficient (Wildman–Crippen LogP) is 5.64. The van der Waals surface area contributed by atoms with Crippen LogP contribution in [-0.4, -0.2) is 54.1 Å². The molecule has 0 saturated heterocycles. The van der Waals surface area contributed by atoms with Crippen molar-refractivity contribution in [3.05, 3.63) is 69.7 Å². The first-order valence-corrected chi connectivity index (χ1v) is 12.3. The van der Waals surface area contributed by atoms with Crippen LogP contribution < -0.4 is 5.32 Å². The summed E-state index contributed by atoms with van der Waals surface area (Å²) in [5.74, 6) is -2.32. The van der Waals surface area contributed by atoms with Crippen molar-refractivity contribution in [1.29, 1.82) is 5.26 Å². The Hall–Kier alpha value is -4.28. The van der Waals surface area contributed by atoms with Gasteiger partial charge in [-0.3, -0.25) is 9.78 Å². The Balaban J connectivity index is 0.000000559. The summed E-state index contributed by atoms with van der Waals surface area (Å²) in [6, 6.07) is 12.6. The first-order chi connectivity index (χ1) is 18.9. The Bertz CT molecular complexity index is 1570. The van der Waals surface area contributed by atoms with Gasteiger partial charge in [-0.15, -0.1) is 5.10 Å². The molecule has 40 heavy (non-hydrogen) atoms. The summed E-state index contributed by atoms with van der Waals surface area (Å²) < 4.78 is 33.3. The molecule has 0 aliphatic heterocycles. The monoisotopic (exact) mass is 593 g/mol. The second-order valence-electron chi connectivity index (χ2n) is 8.05. The highest BCUT2D eigenvalue weighted by Gasteiger charge is 2.38. The van der Waals surface area contributed by atoms with E-state index in [9.17, 15) is 18.0 Å². The Morgan fingerprint density at radius 1 is 1.15 bits per heavy atom. The number of aryl methyl sites for hydroxylation is 1. The summed E-state index contributed by atoms with van der Waals surface area (Å²) in [4.78, 5) is 34.4. The zero-order chi connectivity index (χ0) is 29.4. The van der Waals surface area contributed by atoms with Crippen molar-refractivity contribution in [3.8, 4) is 17.3 Å². The van der Waals surface area contributed by atoms with Crippen molar-refractivity contribution >= 4 is 46.5 Å². The summed E-state index contributed by atoms with van der Waals surface area (Å²) >= 11 is 12.4. The number of hydrogen-bond donors (Lipinski definition) is 2. The van der Waals surface area contributed by atoms with E-state index >= 15 is 0 Å². The number of benzene rings is 1. The molecule has 0 radical (unpaired) electrons. The van der Waals surface area contributed by atoms with Crippen molar-refractivity contribution < 1.29 is 27.9 Å². The van der Waals surface area contributed by atoms with Gasteiger partial charge in [0.2, 0.25) is 17.6 Å². The maximum atomic E-state index is 12.2. The molecule has 0 bridgehead atoms. The fraction of sp³-hybridized carbons (Fsp3) is 0.240. The van der Waals surface area contributed by atoms with E-state index in [-0.39, 0.29) is 11.6 Å². The Kier molecular flexibility index (Phi) is 9.98. The van der Waals surface area contributed by atoms with E-state index in [1.165, 1.54) is 4.52 Å². The number of carboxylic acids is 1. The Morgan fingerprint density at radius 2 is 1.88 bits per heavy atom. The standard InChI is InChI=1S/C23H19Cl2N7O.C2HF3O2/c1-2-20(33)22-30-21-11-19(17-8-6-15(24)10-18(17)25)29-23(32(21)31-22)27-9-3-4-16-7-5-14(12-26)13-28-16;3-2(4,5)1(6)7/h5-8,10-11,13H,2-4,9H2,1H3,(H,27,29);(H,6,7). The third-order valence-electron chi connectivity index (χ3n) is 5.19. The molecule has 0 spiro atoms. The SMILES string of the molecule is CCC(=O)c1nc2cc(-c3ccc(Cl)cc3Cl)nc(NCCCc3ccc(C#N)cn3)n2n1.O=C(O)C(F)(F)F. The molecule has 0 aliphatic rings. The molecule has 2 N–H and O–H groups in total. The van der Waals surface area contributed by atoms with Crippen molar-refractivity contribution in [1.82, 2.24) is 24.6 Å². The summed E-state index contributed by atoms with van der Waals surface area (Å²) in [6.07, 6.45) is -1.72. The molecule has 0 saturated carbocycles. The highest BCUT2D eigenvalue weighted by molar-refractivity contribution is 6.36. The second-order valence-corrected chi connectivity index (χ2v) is 8.90. The number of anilines is 1. The van der Waals surface area contributed by atoms with Gasteiger partial charge < -0.3 is 10.4 Å². The van der Waals surface area contributed by atoms with E-state index in [1.54, 1.807) is 43.5 Å². The molecule has 0 amide bonds. The lowest BCUT2D eigenvalue weighted by atomic mass is 10.1. The number of nitriles is 1. The fourth-order valence-electron chi connectivity index (χ4n) is 3.22. The van der Waals surface area contributed by atoms with Gasteiger partial charge in [-0.1, -0.05) is 30.1 Å². The molecule has 3 heterocycles. The molecule has 0 fully saturated rings. The fourth-order valence-corrected chi connectivity index (χ4v) is 3.73. The molecule has 208 valence electrons. The number of halogens is 5. The third kappa shape index (κ3) is 7.87. The molecule has 0 unspecified atom stereocenters. The number of carbonyl (C=O) groups is 2. The number of Topliss-reactive ketones (excluding diaryl/α,β-unsaturated/α-hetero) is 1. The number of aromatic nitrogens is 5. The number of rotatable bonds is 8. The first kappa shape index (κ1) is 30.3. The van der Waals surface area contributed by atoms with Gasteiger partial charge in [-0.05, 0) is 43.2 Å². The normalized spacial score (nSPS) is 10.9. The zero-order valence-corrected chi connectivity index (χ0v) is 22.2. The lowest BCUT2D eigenvalue weighted by Crippen LogP contribution is -2.21. The maximum absolute atomic E-state index is 12.2. The van der Waals surface area contributed by atoms with Crippen LogP contribution in [0.5, 0.6) is 0 Å². The van der Waals surface area contributed by atoms with Crippen molar-refractivity contribution in [2.45, 2.75) is 32.4 Å². The van der Waals surface area contributed by atoms with Gasteiger partial charge >= 0.3 is 12.1 Å². The van der Waals surface area contributed by atoms with Crippen LogP contribution in [0.4, 0.5) is 19.1 Å². The first-order valence-electron chi connectivity index (χ1n) is 11.6. The van der Waals surface area contributed by atoms with Crippen LogP contribution in [0.2, 0.25) is 10.0 Å². The molecule has 15 heteroatoms. The zero-order valence-electron chi connectivity index (χ0n) is 20.7. The van der Waals surface area contributed by atoms with E-state index in [2.05, 4.69) is 31.4 Å². The van der Waals surface area contributed by atoms with E-state index < -0.39 is 12.1 Å². The lowest BCUT2D eigenvalue weighted by molar-refractivity contribution is -0.192. The summed E-state index contributed by atoms with van der Waals surface area (Å²) in [5, 5.41) is 24.6. The highest BCUT2D eigenvalue weighted by Crippen LogP contribution is 2.30. The smallest absolute Gasteiger partial charge is 0.475 e. The predicted molar refractivity (Wildman–Crippen MR) is 140 cm³/mol. The number of nitrogens with one attached hydrogen (secondary N) is 1. The van der Waals surface area contributed by atoms with E-state index in [0.717, 1.165) is 18.5 Å². The minimum absolute atomic E-state index is 0.142. The van der Waals surface area contributed by atoms with Gasteiger partial charge in [0.05, 0.1) is 16.3 Å². The number of carboxylic acid groups (broad SMARTS) is 1. The van der Waals surface area contributed by atoms with Crippen molar-refractivity contribution in [2.24, 2.45) is 0 Å². The third-order valence-corrected chi connectivity index (χ3v) is 5.74. The lowest BCUT2D eigenvalue weighted by Gasteiger charge is -2.10. The van der Waals surface area contributed by atoms with Gasteiger partial charge in [0.15, 0.2) is 5.65 Å². The van der Waals surface area contributed by atoms with Gasteiger partial charge in [0.25, 0.3) is 0 Å². The molecular formula is C25H20Cl2F3N7O3. The Morgan fingerprint density at radius 3 is 2.45 bits per heavy atom. The molecule has 4 rings (SSSR count). The number of alkyl halides is 3. The van der Waals surface area contributed by atoms with E-state index in [1.807, 2.05) is 6.07 Å². The maximum Gasteiger partial charge on any atom is 0.490 e. The molecule has 0 atom stereocenters. The summed E-state index contributed by atoms with van der Waals surface area (Å²) in [5.41, 5.74) is 3.19. The van der Waals surface area contributed by atoms with Crippen LogP contribution >= 0.6 is 23.2 Å². The largest absolute Gasteiger partial charge is 0.490 e. The minimum atomic E-state index is -5.08. The average Bonchev–Trinajstić information content (AvgIpc) is 3.35.